The fourth-order valence-corrected chi connectivity index (χ4v) is 2.89. The van der Waals surface area contributed by atoms with Gasteiger partial charge in [-0.2, -0.15) is 0 Å². The van der Waals surface area contributed by atoms with E-state index in [0.717, 1.165) is 38.5 Å². The van der Waals surface area contributed by atoms with E-state index in [1.807, 2.05) is 6.92 Å². The van der Waals surface area contributed by atoms with Crippen molar-refractivity contribution in [3.63, 3.8) is 0 Å². The molecule has 1 unspecified atom stereocenters. The van der Waals surface area contributed by atoms with Gasteiger partial charge >= 0.3 is 5.97 Å². The van der Waals surface area contributed by atoms with Crippen LogP contribution in [0.4, 0.5) is 0 Å². The van der Waals surface area contributed by atoms with Crippen LogP contribution in [0.5, 0.6) is 0 Å². The van der Waals surface area contributed by atoms with Crippen LogP contribution < -0.4 is 5.32 Å². The molecule has 1 N–H and O–H groups in total. The van der Waals surface area contributed by atoms with Crippen LogP contribution in [0.2, 0.25) is 0 Å². The number of likely N-dealkylation sites (tertiary alicyclic amines) is 1. The number of rotatable bonds is 7. The quantitative estimate of drug-likeness (QED) is 0.700. The highest BCUT2D eigenvalue weighted by Gasteiger charge is 2.44. The molecule has 0 bridgehead atoms. The molecule has 4 heteroatoms. The highest BCUT2D eigenvalue weighted by Crippen LogP contribution is 2.35. The zero-order valence-electron chi connectivity index (χ0n) is 11.7. The van der Waals surface area contributed by atoms with Crippen LogP contribution in [0.15, 0.2) is 0 Å². The van der Waals surface area contributed by atoms with E-state index in [-0.39, 0.29) is 11.5 Å². The monoisotopic (exact) mass is 254 g/mol. The Labute approximate surface area is 110 Å². The van der Waals surface area contributed by atoms with E-state index < -0.39 is 0 Å². The van der Waals surface area contributed by atoms with E-state index in [0.29, 0.717) is 13.0 Å². The first-order chi connectivity index (χ1) is 8.69. The second-order valence-corrected chi connectivity index (χ2v) is 5.64. The molecular formula is C14H26N2O2. The largest absolute Gasteiger partial charge is 0.466 e. The van der Waals surface area contributed by atoms with Gasteiger partial charge in [0.1, 0.15) is 0 Å². The van der Waals surface area contributed by atoms with Crippen molar-refractivity contribution in [3.8, 4) is 0 Å². The minimum absolute atomic E-state index is 0.0369. The van der Waals surface area contributed by atoms with Crippen molar-refractivity contribution < 1.29 is 9.53 Å². The summed E-state index contributed by atoms with van der Waals surface area (Å²) in [5.74, 6) is -0.0567. The summed E-state index contributed by atoms with van der Waals surface area (Å²) in [6, 6.07) is 0.789. The second kappa shape index (κ2) is 6.02. The number of hydrogen-bond donors (Lipinski definition) is 1. The molecule has 0 aromatic heterocycles. The Hall–Kier alpha value is -0.610. The van der Waals surface area contributed by atoms with Gasteiger partial charge < -0.3 is 10.1 Å². The average Bonchev–Trinajstić information content (AvgIpc) is 3.11. The Balaban J connectivity index is 1.92. The molecule has 1 heterocycles. The maximum Gasteiger partial charge on any atom is 0.307 e. The van der Waals surface area contributed by atoms with Gasteiger partial charge in [-0.05, 0) is 39.2 Å². The first-order valence-electron chi connectivity index (χ1n) is 7.34. The molecule has 2 fully saturated rings. The van der Waals surface area contributed by atoms with Gasteiger partial charge in [0.2, 0.25) is 0 Å². The van der Waals surface area contributed by atoms with Gasteiger partial charge in [-0.1, -0.05) is 6.92 Å². The number of esters is 1. The normalized spacial score (nSPS) is 28.6. The predicted octanol–water partition coefficient (Wildman–Crippen LogP) is 1.55. The van der Waals surface area contributed by atoms with Crippen molar-refractivity contribution in [2.75, 3.05) is 26.2 Å². The van der Waals surface area contributed by atoms with E-state index in [1.165, 1.54) is 12.8 Å². The molecule has 1 saturated carbocycles. The SMILES string of the molecule is CCCNC1(CC(=O)OCC)CCN(C2CC2)C1. The number of nitrogens with one attached hydrogen (secondary N) is 1. The third-order valence-corrected chi connectivity index (χ3v) is 3.98. The Morgan fingerprint density at radius 1 is 1.44 bits per heavy atom. The fourth-order valence-electron chi connectivity index (χ4n) is 2.89. The Morgan fingerprint density at radius 2 is 2.22 bits per heavy atom. The second-order valence-electron chi connectivity index (χ2n) is 5.64. The zero-order valence-corrected chi connectivity index (χ0v) is 11.7. The molecule has 104 valence electrons. The molecule has 1 aliphatic carbocycles. The molecule has 0 spiro atoms. The molecule has 2 aliphatic rings. The summed E-state index contributed by atoms with van der Waals surface area (Å²) >= 11 is 0. The van der Waals surface area contributed by atoms with Gasteiger partial charge in [0.05, 0.1) is 13.0 Å². The fraction of sp³-hybridized carbons (Fsp3) is 0.929. The summed E-state index contributed by atoms with van der Waals surface area (Å²) in [4.78, 5) is 14.3. The van der Waals surface area contributed by atoms with Crippen molar-refractivity contribution >= 4 is 5.97 Å². The average molecular weight is 254 g/mol. The third-order valence-electron chi connectivity index (χ3n) is 3.98. The molecular weight excluding hydrogens is 228 g/mol. The van der Waals surface area contributed by atoms with Gasteiger partial charge in [0, 0.05) is 24.7 Å². The summed E-state index contributed by atoms with van der Waals surface area (Å²) in [6.45, 7) is 7.64. The topological polar surface area (TPSA) is 41.6 Å². The number of nitrogens with zero attached hydrogens (tertiary/aromatic N) is 1. The van der Waals surface area contributed by atoms with Crippen molar-refractivity contribution in [2.24, 2.45) is 0 Å². The van der Waals surface area contributed by atoms with Crippen LogP contribution in [0.3, 0.4) is 0 Å². The van der Waals surface area contributed by atoms with Gasteiger partial charge in [0.15, 0.2) is 0 Å². The van der Waals surface area contributed by atoms with Gasteiger partial charge in [-0.15, -0.1) is 0 Å². The van der Waals surface area contributed by atoms with E-state index in [9.17, 15) is 4.79 Å². The number of hydrogen-bond acceptors (Lipinski definition) is 4. The van der Waals surface area contributed by atoms with Gasteiger partial charge in [0.25, 0.3) is 0 Å². The predicted molar refractivity (Wildman–Crippen MR) is 71.5 cm³/mol. The van der Waals surface area contributed by atoms with Crippen molar-refractivity contribution in [3.05, 3.63) is 0 Å². The molecule has 0 radical (unpaired) electrons. The lowest BCUT2D eigenvalue weighted by Gasteiger charge is -2.30. The maximum atomic E-state index is 11.8. The Morgan fingerprint density at radius 3 is 2.83 bits per heavy atom. The summed E-state index contributed by atoms with van der Waals surface area (Å²) in [6.07, 6.45) is 5.37. The summed E-state index contributed by atoms with van der Waals surface area (Å²) < 4.78 is 5.12. The lowest BCUT2D eigenvalue weighted by molar-refractivity contribution is -0.144. The maximum absolute atomic E-state index is 11.8. The van der Waals surface area contributed by atoms with E-state index >= 15 is 0 Å². The molecule has 0 amide bonds. The van der Waals surface area contributed by atoms with Crippen LogP contribution in [-0.2, 0) is 9.53 Å². The summed E-state index contributed by atoms with van der Waals surface area (Å²) in [5, 5.41) is 3.60. The molecule has 1 atom stereocenters. The molecule has 2 rings (SSSR count). The van der Waals surface area contributed by atoms with Gasteiger partial charge in [-0.25, -0.2) is 0 Å². The number of carbonyl (C=O) groups is 1. The minimum Gasteiger partial charge on any atom is -0.466 e. The molecule has 18 heavy (non-hydrogen) atoms. The van der Waals surface area contributed by atoms with Gasteiger partial charge in [-0.3, -0.25) is 9.69 Å². The first kappa shape index (κ1) is 13.8. The molecule has 1 aliphatic heterocycles. The molecule has 4 nitrogen and oxygen atoms in total. The van der Waals surface area contributed by atoms with E-state index in [1.54, 1.807) is 0 Å². The van der Waals surface area contributed by atoms with Crippen molar-refractivity contribution in [1.29, 1.82) is 0 Å². The molecule has 0 aromatic rings. The Bertz CT molecular complexity index is 292. The lowest BCUT2D eigenvalue weighted by atomic mass is 9.94. The lowest BCUT2D eigenvalue weighted by Crippen LogP contribution is -2.49. The van der Waals surface area contributed by atoms with Crippen LogP contribution in [0.1, 0.15) is 46.0 Å². The van der Waals surface area contributed by atoms with Crippen LogP contribution in [0, 0.1) is 0 Å². The van der Waals surface area contributed by atoms with Crippen LogP contribution in [0.25, 0.3) is 0 Å². The highest BCUT2D eigenvalue weighted by atomic mass is 16.5. The van der Waals surface area contributed by atoms with Crippen LogP contribution >= 0.6 is 0 Å². The van der Waals surface area contributed by atoms with E-state index in [4.69, 9.17) is 4.74 Å². The number of ether oxygens (including phenoxy) is 1. The van der Waals surface area contributed by atoms with E-state index in [2.05, 4.69) is 17.1 Å². The van der Waals surface area contributed by atoms with Crippen LogP contribution in [-0.4, -0.2) is 48.7 Å². The zero-order chi connectivity index (χ0) is 13.0. The number of carbonyl (C=O) groups excluding carboxylic acids is 1. The molecule has 1 saturated heterocycles. The Kier molecular flexibility index (Phi) is 4.62. The smallest absolute Gasteiger partial charge is 0.307 e. The summed E-state index contributed by atoms with van der Waals surface area (Å²) in [7, 11) is 0. The van der Waals surface area contributed by atoms with Crippen molar-refractivity contribution in [1.82, 2.24) is 10.2 Å². The van der Waals surface area contributed by atoms with Crippen molar-refractivity contribution in [2.45, 2.75) is 57.5 Å². The standard InChI is InChI=1S/C14H26N2O2/c1-3-8-15-14(10-13(17)18-4-2)7-9-16(11-14)12-5-6-12/h12,15H,3-11H2,1-2H3. The molecule has 0 aromatic carbocycles. The minimum atomic E-state index is -0.0567. The first-order valence-corrected chi connectivity index (χ1v) is 7.34. The summed E-state index contributed by atoms with van der Waals surface area (Å²) in [5.41, 5.74) is -0.0369. The third kappa shape index (κ3) is 3.45. The highest BCUT2D eigenvalue weighted by molar-refractivity contribution is 5.71.